The van der Waals surface area contributed by atoms with Crippen LogP contribution in [0.3, 0.4) is 0 Å². The lowest BCUT2D eigenvalue weighted by molar-refractivity contribution is -0.135. The zero-order valence-electron chi connectivity index (χ0n) is 14.5. The van der Waals surface area contributed by atoms with Crippen molar-refractivity contribution >= 4 is 11.8 Å². The summed E-state index contributed by atoms with van der Waals surface area (Å²) in [5, 5.41) is 2.72. The normalized spacial score (nSPS) is 30.0. The molecule has 5 nitrogen and oxygen atoms in total. The molecule has 4 bridgehead atoms. The van der Waals surface area contributed by atoms with Gasteiger partial charge in [-0.25, -0.2) is 0 Å². The second-order valence-electron chi connectivity index (χ2n) is 7.85. The van der Waals surface area contributed by atoms with Crippen molar-refractivity contribution in [1.82, 2.24) is 10.2 Å². The van der Waals surface area contributed by atoms with Crippen molar-refractivity contribution in [3.8, 4) is 5.75 Å². The lowest BCUT2D eigenvalue weighted by Gasteiger charge is -2.39. The second-order valence-corrected chi connectivity index (χ2v) is 7.85. The van der Waals surface area contributed by atoms with Crippen molar-refractivity contribution < 1.29 is 14.3 Å². The fraction of sp³-hybridized carbons (Fsp3) is 0.600. The first-order valence-electron chi connectivity index (χ1n) is 9.41. The van der Waals surface area contributed by atoms with Crippen molar-refractivity contribution in [2.75, 3.05) is 19.7 Å². The van der Waals surface area contributed by atoms with Crippen LogP contribution in [0.5, 0.6) is 5.75 Å². The number of ether oxygens (including phenoxy) is 1. The first-order valence-corrected chi connectivity index (χ1v) is 9.41. The van der Waals surface area contributed by atoms with Crippen molar-refractivity contribution in [2.24, 2.45) is 17.8 Å². The van der Waals surface area contributed by atoms with Gasteiger partial charge in [0.05, 0.1) is 6.54 Å². The SMILES string of the molecule is O=C(COc1ccccc1)NCC(=O)N1CC2CC3CC(C2)CC1C3. The van der Waals surface area contributed by atoms with Crippen LogP contribution in [0.1, 0.15) is 32.1 Å². The van der Waals surface area contributed by atoms with Crippen LogP contribution >= 0.6 is 0 Å². The number of amides is 2. The minimum Gasteiger partial charge on any atom is -0.484 e. The van der Waals surface area contributed by atoms with Crippen molar-refractivity contribution in [2.45, 2.75) is 38.1 Å². The van der Waals surface area contributed by atoms with E-state index >= 15 is 0 Å². The summed E-state index contributed by atoms with van der Waals surface area (Å²) >= 11 is 0. The molecule has 0 aromatic heterocycles. The van der Waals surface area contributed by atoms with Crippen LogP contribution in [0.4, 0.5) is 0 Å². The third-order valence-electron chi connectivity index (χ3n) is 5.98. The smallest absolute Gasteiger partial charge is 0.258 e. The van der Waals surface area contributed by atoms with E-state index in [9.17, 15) is 9.59 Å². The highest BCUT2D eigenvalue weighted by atomic mass is 16.5. The molecule has 1 N–H and O–H groups in total. The minimum atomic E-state index is -0.252. The van der Waals surface area contributed by atoms with Crippen LogP contribution in [-0.4, -0.2) is 42.5 Å². The standard InChI is InChI=1S/C20H26N2O3/c23-19(13-25-18-4-2-1-3-5-18)21-11-20(24)22-12-16-7-14-6-15(8-16)10-17(22)9-14/h1-5,14-17H,6-13H2,(H,21,23). The first kappa shape index (κ1) is 16.4. The van der Waals surface area contributed by atoms with Gasteiger partial charge in [0.1, 0.15) is 5.75 Å². The number of carbonyl (C=O) groups is 2. The molecule has 1 aromatic rings. The van der Waals surface area contributed by atoms with Gasteiger partial charge >= 0.3 is 0 Å². The molecular weight excluding hydrogens is 316 g/mol. The molecule has 2 aliphatic heterocycles. The van der Waals surface area contributed by atoms with E-state index in [0.29, 0.717) is 17.7 Å². The van der Waals surface area contributed by atoms with Crippen LogP contribution < -0.4 is 10.1 Å². The molecule has 4 aliphatic rings. The molecule has 25 heavy (non-hydrogen) atoms. The van der Waals surface area contributed by atoms with Crippen LogP contribution in [0, 0.1) is 17.8 Å². The molecule has 2 saturated carbocycles. The van der Waals surface area contributed by atoms with Gasteiger partial charge in [-0.3, -0.25) is 9.59 Å². The van der Waals surface area contributed by atoms with Crippen molar-refractivity contribution in [1.29, 1.82) is 0 Å². The Bertz CT molecular complexity index is 619. The molecule has 2 unspecified atom stereocenters. The minimum absolute atomic E-state index is 0.0614. The molecule has 2 aliphatic carbocycles. The number of hydrogen-bond donors (Lipinski definition) is 1. The van der Waals surface area contributed by atoms with E-state index in [1.807, 2.05) is 18.2 Å². The highest BCUT2D eigenvalue weighted by Crippen LogP contribution is 2.47. The zero-order chi connectivity index (χ0) is 17.2. The average Bonchev–Trinajstić information content (AvgIpc) is 2.82. The Kier molecular flexibility index (Phi) is 4.64. The summed E-state index contributed by atoms with van der Waals surface area (Å²) in [6, 6.07) is 9.62. The second kappa shape index (κ2) is 7.06. The van der Waals surface area contributed by atoms with Crippen LogP contribution in [0.25, 0.3) is 0 Å². The van der Waals surface area contributed by atoms with Gasteiger partial charge in [-0.05, 0) is 62.0 Å². The summed E-state index contributed by atoms with van der Waals surface area (Å²) in [6.07, 6.45) is 6.25. The summed E-state index contributed by atoms with van der Waals surface area (Å²) in [5.74, 6) is 2.76. The largest absolute Gasteiger partial charge is 0.484 e. The highest BCUT2D eigenvalue weighted by molar-refractivity contribution is 5.85. The van der Waals surface area contributed by atoms with Crippen LogP contribution in [0.15, 0.2) is 30.3 Å². The van der Waals surface area contributed by atoms with E-state index in [1.54, 1.807) is 12.1 Å². The summed E-state index contributed by atoms with van der Waals surface area (Å²) in [5.41, 5.74) is 0. The summed E-state index contributed by atoms with van der Waals surface area (Å²) in [6.45, 7) is 0.899. The van der Waals surface area contributed by atoms with Gasteiger partial charge in [0, 0.05) is 12.6 Å². The average molecular weight is 342 g/mol. The van der Waals surface area contributed by atoms with Crippen LogP contribution in [0.2, 0.25) is 0 Å². The van der Waals surface area contributed by atoms with Gasteiger partial charge in [-0.2, -0.15) is 0 Å². The molecule has 134 valence electrons. The van der Waals surface area contributed by atoms with E-state index in [0.717, 1.165) is 31.2 Å². The Labute approximate surface area is 148 Å². The number of nitrogens with one attached hydrogen (secondary N) is 1. The number of carbonyl (C=O) groups excluding carboxylic acids is 2. The molecular formula is C20H26N2O3. The van der Waals surface area contributed by atoms with Gasteiger partial charge in [-0.15, -0.1) is 0 Å². The van der Waals surface area contributed by atoms with E-state index < -0.39 is 0 Å². The monoisotopic (exact) mass is 342 g/mol. The Morgan fingerprint density at radius 1 is 1.00 bits per heavy atom. The number of fused-ring (bicyclic) bond motifs is 1. The van der Waals surface area contributed by atoms with Crippen molar-refractivity contribution in [3.63, 3.8) is 0 Å². The molecule has 0 spiro atoms. The third-order valence-corrected chi connectivity index (χ3v) is 5.98. The van der Waals surface area contributed by atoms with E-state index in [2.05, 4.69) is 10.2 Å². The van der Waals surface area contributed by atoms with Crippen molar-refractivity contribution in [3.05, 3.63) is 30.3 Å². The molecule has 2 atom stereocenters. The lowest BCUT2D eigenvalue weighted by atomic mass is 9.68. The topological polar surface area (TPSA) is 58.6 Å². The maximum Gasteiger partial charge on any atom is 0.258 e. The number of benzene rings is 1. The molecule has 0 radical (unpaired) electrons. The van der Waals surface area contributed by atoms with Gasteiger partial charge in [0.25, 0.3) is 5.91 Å². The van der Waals surface area contributed by atoms with Crippen LogP contribution in [-0.2, 0) is 9.59 Å². The summed E-state index contributed by atoms with van der Waals surface area (Å²) in [7, 11) is 0. The molecule has 5 heteroatoms. The van der Waals surface area contributed by atoms with E-state index in [4.69, 9.17) is 4.74 Å². The van der Waals surface area contributed by atoms with E-state index in [-0.39, 0.29) is 25.0 Å². The van der Waals surface area contributed by atoms with Gasteiger partial charge in [0.15, 0.2) is 6.61 Å². The lowest BCUT2D eigenvalue weighted by Crippen LogP contribution is -2.47. The maximum atomic E-state index is 12.7. The number of hydrogen-bond acceptors (Lipinski definition) is 3. The predicted molar refractivity (Wildman–Crippen MR) is 94.0 cm³/mol. The van der Waals surface area contributed by atoms with E-state index in [1.165, 1.54) is 19.3 Å². The number of para-hydroxylation sites is 1. The van der Waals surface area contributed by atoms with Gasteiger partial charge in [-0.1, -0.05) is 18.2 Å². The Morgan fingerprint density at radius 3 is 2.40 bits per heavy atom. The van der Waals surface area contributed by atoms with Gasteiger partial charge in [0.2, 0.25) is 5.91 Å². The molecule has 2 amide bonds. The predicted octanol–water partition coefficient (Wildman–Crippen LogP) is 2.22. The molecule has 5 rings (SSSR count). The fourth-order valence-corrected chi connectivity index (χ4v) is 5.08. The Balaban J connectivity index is 1.26. The third kappa shape index (κ3) is 3.80. The molecule has 2 heterocycles. The first-order chi connectivity index (χ1) is 12.2. The Morgan fingerprint density at radius 2 is 1.68 bits per heavy atom. The summed E-state index contributed by atoms with van der Waals surface area (Å²) in [4.78, 5) is 26.7. The Hall–Kier alpha value is -2.04. The molecule has 4 fully saturated rings. The fourth-order valence-electron chi connectivity index (χ4n) is 5.08. The summed E-state index contributed by atoms with van der Waals surface area (Å²) < 4.78 is 5.42. The quantitative estimate of drug-likeness (QED) is 0.893. The number of nitrogens with zero attached hydrogens (tertiary/aromatic N) is 1. The molecule has 1 aromatic carbocycles. The number of rotatable bonds is 5. The highest BCUT2D eigenvalue weighted by Gasteiger charge is 2.43. The molecule has 2 saturated heterocycles. The van der Waals surface area contributed by atoms with Gasteiger partial charge < -0.3 is 15.0 Å². The maximum absolute atomic E-state index is 12.7. The zero-order valence-corrected chi connectivity index (χ0v) is 14.5.